The van der Waals surface area contributed by atoms with Crippen LogP contribution in [0.4, 0.5) is 0 Å². The van der Waals surface area contributed by atoms with Gasteiger partial charge >= 0.3 is 19.8 Å². The van der Waals surface area contributed by atoms with Crippen LogP contribution in [0.2, 0.25) is 0 Å². The number of ether oxygens (including phenoxy) is 2. The minimum absolute atomic E-state index is 0.00247. The van der Waals surface area contributed by atoms with E-state index in [1.165, 1.54) is 38.5 Å². The Hall–Kier alpha value is -2.85. The van der Waals surface area contributed by atoms with Crippen molar-refractivity contribution in [2.45, 2.75) is 148 Å². The van der Waals surface area contributed by atoms with E-state index >= 15 is 0 Å². The molecule has 11 heteroatoms. The van der Waals surface area contributed by atoms with Crippen LogP contribution in [-0.4, -0.2) is 86.1 Å². The van der Waals surface area contributed by atoms with Crippen LogP contribution in [0.25, 0.3) is 0 Å². The van der Waals surface area contributed by atoms with Gasteiger partial charge in [-0.2, -0.15) is 0 Å². The van der Waals surface area contributed by atoms with E-state index in [1.54, 1.807) is 12.2 Å². The number of rotatable bonds is 37. The standard InChI is InChI=1S/C46H78NO9P/c1-6-8-10-12-14-16-17-18-19-20-21-23-25-29-34-38-46(50)56-44(42-55-57(51,52)54-40-39-47(3,4)5)41-53-45(49)37-33-30-26-28-32-36-43(48)35-31-27-24-22-15-13-11-9-7-2/h14-16,18-19,21-23,26-28,31-32,36,43-44,48H,6-13,17,20,24-25,29-30,33-35,37-42H2,1-5H3/p+1/b16-14-,19-18-,22-15-,23-21-,28-26+,31-27-,36-32-/t43?,44-/m1/s1. The van der Waals surface area contributed by atoms with Gasteiger partial charge in [0.2, 0.25) is 0 Å². The van der Waals surface area contributed by atoms with Crippen LogP contribution in [0.3, 0.4) is 0 Å². The number of nitrogens with zero attached hydrogens (tertiary/aromatic N) is 1. The normalized spacial score (nSPS) is 15.0. The highest BCUT2D eigenvalue weighted by Crippen LogP contribution is 2.43. The van der Waals surface area contributed by atoms with Gasteiger partial charge in [0.15, 0.2) is 6.10 Å². The first kappa shape index (κ1) is 54.2. The molecule has 326 valence electrons. The highest BCUT2D eigenvalue weighted by Gasteiger charge is 2.27. The number of esters is 2. The Morgan fingerprint density at radius 1 is 0.632 bits per heavy atom. The molecule has 0 heterocycles. The van der Waals surface area contributed by atoms with Crippen molar-refractivity contribution in [2.24, 2.45) is 0 Å². The number of likely N-dealkylation sites (N-methyl/N-ethyl adjacent to an activating group) is 1. The minimum Gasteiger partial charge on any atom is -0.462 e. The van der Waals surface area contributed by atoms with Crippen LogP contribution in [0.1, 0.15) is 136 Å². The van der Waals surface area contributed by atoms with Gasteiger partial charge in [-0.3, -0.25) is 18.6 Å². The molecule has 2 N–H and O–H groups in total. The summed E-state index contributed by atoms with van der Waals surface area (Å²) >= 11 is 0. The molecule has 0 saturated carbocycles. The molecule has 0 aliphatic rings. The molecule has 0 aliphatic carbocycles. The highest BCUT2D eigenvalue weighted by molar-refractivity contribution is 7.47. The Morgan fingerprint density at radius 3 is 1.74 bits per heavy atom. The summed E-state index contributed by atoms with van der Waals surface area (Å²) in [6.07, 6.45) is 43.8. The number of phosphoric acid groups is 1. The van der Waals surface area contributed by atoms with Gasteiger partial charge < -0.3 is 24.0 Å². The largest absolute Gasteiger partial charge is 0.472 e. The third-order valence-corrected chi connectivity index (χ3v) is 9.46. The molecule has 57 heavy (non-hydrogen) atoms. The van der Waals surface area contributed by atoms with Crippen LogP contribution in [0, 0.1) is 0 Å². The first-order chi connectivity index (χ1) is 27.4. The van der Waals surface area contributed by atoms with Gasteiger partial charge in [0.25, 0.3) is 0 Å². The molecular formula is C46H79NO9P+. The topological polar surface area (TPSA) is 129 Å². The van der Waals surface area contributed by atoms with E-state index < -0.39 is 38.6 Å². The summed E-state index contributed by atoms with van der Waals surface area (Å²) in [6, 6.07) is 0. The molecule has 0 aromatic carbocycles. The molecule has 0 rings (SSSR count). The lowest BCUT2D eigenvalue weighted by molar-refractivity contribution is -0.870. The van der Waals surface area contributed by atoms with E-state index in [4.69, 9.17) is 18.5 Å². The average molecular weight is 821 g/mol. The number of unbranched alkanes of at least 4 members (excludes halogenated alkanes) is 9. The molecule has 0 fully saturated rings. The maximum atomic E-state index is 12.7. The van der Waals surface area contributed by atoms with Crippen LogP contribution < -0.4 is 0 Å². The molecule has 0 spiro atoms. The summed E-state index contributed by atoms with van der Waals surface area (Å²) < 4.78 is 34.1. The summed E-state index contributed by atoms with van der Waals surface area (Å²) in [5, 5.41) is 10.1. The molecule has 10 nitrogen and oxygen atoms in total. The Kier molecular flexibility index (Phi) is 35.6. The lowest BCUT2D eigenvalue weighted by Crippen LogP contribution is -2.37. The van der Waals surface area contributed by atoms with Gasteiger partial charge in [0.05, 0.1) is 33.9 Å². The minimum atomic E-state index is -4.42. The van der Waals surface area contributed by atoms with Gasteiger partial charge in [0, 0.05) is 12.8 Å². The van der Waals surface area contributed by atoms with E-state index in [0.29, 0.717) is 36.7 Å². The van der Waals surface area contributed by atoms with Gasteiger partial charge in [-0.05, 0) is 83.5 Å². The van der Waals surface area contributed by atoms with Crippen molar-refractivity contribution in [3.8, 4) is 0 Å². The molecule has 0 aliphatic heterocycles. The number of allylic oxidation sites excluding steroid dienone is 12. The molecule has 0 radical (unpaired) electrons. The predicted octanol–water partition coefficient (Wildman–Crippen LogP) is 11.0. The van der Waals surface area contributed by atoms with Gasteiger partial charge in [-0.15, -0.1) is 0 Å². The van der Waals surface area contributed by atoms with E-state index in [9.17, 15) is 24.2 Å². The van der Waals surface area contributed by atoms with Crippen molar-refractivity contribution in [3.63, 3.8) is 0 Å². The van der Waals surface area contributed by atoms with Crippen LogP contribution in [0.5, 0.6) is 0 Å². The van der Waals surface area contributed by atoms with E-state index in [1.807, 2.05) is 39.4 Å². The van der Waals surface area contributed by atoms with Gasteiger partial charge in [0.1, 0.15) is 19.8 Å². The van der Waals surface area contributed by atoms with Crippen molar-refractivity contribution in [1.82, 2.24) is 0 Å². The number of carbonyl (C=O) groups excluding carboxylic acids is 2. The lowest BCUT2D eigenvalue weighted by Gasteiger charge is -2.24. The van der Waals surface area contributed by atoms with Crippen LogP contribution in [0.15, 0.2) is 85.1 Å². The molecule has 0 saturated heterocycles. The summed E-state index contributed by atoms with van der Waals surface area (Å²) in [4.78, 5) is 35.3. The average Bonchev–Trinajstić information content (AvgIpc) is 3.15. The number of hydrogen-bond donors (Lipinski definition) is 2. The summed E-state index contributed by atoms with van der Waals surface area (Å²) in [6.45, 7) is 4.12. The second-order valence-corrected chi connectivity index (χ2v) is 16.7. The maximum Gasteiger partial charge on any atom is 0.472 e. The fourth-order valence-electron chi connectivity index (χ4n) is 5.03. The lowest BCUT2D eigenvalue weighted by atomic mass is 10.1. The fraction of sp³-hybridized carbons (Fsp3) is 0.652. The molecule has 0 amide bonds. The second-order valence-electron chi connectivity index (χ2n) is 15.2. The first-order valence-electron chi connectivity index (χ1n) is 21.4. The number of aliphatic hydroxyl groups excluding tert-OH is 1. The highest BCUT2D eigenvalue weighted by atomic mass is 31.2. The zero-order chi connectivity index (χ0) is 42.3. The molecule has 2 unspecified atom stereocenters. The SMILES string of the molecule is CCCCC/C=C\C/C=C\C/C=C\CCCCC(=O)O[C@H](COC(=O)CCC/C=C/C=C\C(O)C/C=C\C/C=C\CCCCC)COP(=O)(O)OCC[N+](C)(C)C. The zero-order valence-electron chi connectivity index (χ0n) is 36.1. The third kappa shape index (κ3) is 41.1. The Balaban J connectivity index is 4.65. The van der Waals surface area contributed by atoms with Crippen molar-refractivity contribution in [2.75, 3.05) is 47.5 Å². The van der Waals surface area contributed by atoms with Crippen molar-refractivity contribution >= 4 is 19.8 Å². The number of aliphatic hydroxyl groups is 1. The summed E-state index contributed by atoms with van der Waals surface area (Å²) in [7, 11) is 1.36. The van der Waals surface area contributed by atoms with E-state index in [2.05, 4.69) is 68.5 Å². The van der Waals surface area contributed by atoms with Crippen molar-refractivity contribution in [3.05, 3.63) is 85.1 Å². The van der Waals surface area contributed by atoms with Crippen molar-refractivity contribution in [1.29, 1.82) is 0 Å². The van der Waals surface area contributed by atoms with Crippen LogP contribution in [-0.2, 0) is 32.7 Å². The Labute approximate surface area is 346 Å². The zero-order valence-corrected chi connectivity index (χ0v) is 37.0. The van der Waals surface area contributed by atoms with E-state index in [0.717, 1.165) is 44.9 Å². The van der Waals surface area contributed by atoms with Crippen LogP contribution >= 0.6 is 7.82 Å². The third-order valence-electron chi connectivity index (χ3n) is 8.48. The number of quaternary nitrogens is 1. The number of hydrogen-bond acceptors (Lipinski definition) is 8. The van der Waals surface area contributed by atoms with E-state index in [-0.39, 0.29) is 26.1 Å². The number of phosphoric ester groups is 1. The fourth-order valence-corrected chi connectivity index (χ4v) is 5.77. The molecule has 0 bridgehead atoms. The van der Waals surface area contributed by atoms with Gasteiger partial charge in [-0.25, -0.2) is 4.57 Å². The number of carbonyl (C=O) groups is 2. The monoisotopic (exact) mass is 821 g/mol. The Morgan fingerprint density at radius 2 is 1.16 bits per heavy atom. The van der Waals surface area contributed by atoms with Gasteiger partial charge in [-0.1, -0.05) is 125 Å². The quantitative estimate of drug-likeness (QED) is 0.0157. The summed E-state index contributed by atoms with van der Waals surface area (Å²) in [5.74, 6) is -0.984. The molecule has 0 aromatic rings. The first-order valence-corrected chi connectivity index (χ1v) is 22.9. The Bertz CT molecular complexity index is 1260. The molecule has 3 atom stereocenters. The molecular weight excluding hydrogens is 741 g/mol. The summed E-state index contributed by atoms with van der Waals surface area (Å²) in [5.41, 5.74) is 0. The van der Waals surface area contributed by atoms with Crippen molar-refractivity contribution < 1.29 is 47.2 Å². The predicted molar refractivity (Wildman–Crippen MR) is 235 cm³/mol. The molecule has 0 aromatic heterocycles. The maximum absolute atomic E-state index is 12.7. The second kappa shape index (κ2) is 37.4. The smallest absolute Gasteiger partial charge is 0.462 e.